The average molecular weight is 394 g/mol. The molecule has 141 valence electrons. The van der Waals surface area contributed by atoms with Crippen LogP contribution in [-0.2, 0) is 19.2 Å². The zero-order valence-corrected chi connectivity index (χ0v) is 15.3. The van der Waals surface area contributed by atoms with Gasteiger partial charge in [-0.2, -0.15) is 17.5 Å². The van der Waals surface area contributed by atoms with Gasteiger partial charge in [0.2, 0.25) is 0 Å². The highest BCUT2D eigenvalue weighted by Crippen LogP contribution is 2.40. The Bertz CT molecular complexity index is 932. The van der Waals surface area contributed by atoms with Crippen molar-refractivity contribution in [1.82, 2.24) is 4.37 Å². The van der Waals surface area contributed by atoms with E-state index in [0.29, 0.717) is 17.1 Å². The fourth-order valence-electron chi connectivity index (χ4n) is 2.61. The highest BCUT2D eigenvalue weighted by atomic mass is 32.1. The SMILES string of the molecule is [CH2]c1cccc(OCc2c(-c3ccc(CC)cc3)nsc2C(F)(F)F)c1F. The predicted octanol–water partition coefficient (Wildman–Crippen LogP) is 6.29. The van der Waals surface area contributed by atoms with Crippen molar-refractivity contribution in [2.24, 2.45) is 0 Å². The van der Waals surface area contributed by atoms with E-state index in [1.807, 2.05) is 19.1 Å². The molecule has 1 heterocycles. The Morgan fingerprint density at radius 1 is 1.11 bits per heavy atom. The molecule has 7 heteroatoms. The van der Waals surface area contributed by atoms with E-state index >= 15 is 0 Å². The molecule has 0 N–H and O–H groups in total. The normalized spacial score (nSPS) is 11.6. The Hall–Kier alpha value is -2.41. The largest absolute Gasteiger partial charge is 0.486 e. The van der Waals surface area contributed by atoms with Gasteiger partial charge in [-0.25, -0.2) is 4.39 Å². The van der Waals surface area contributed by atoms with E-state index in [1.54, 1.807) is 12.1 Å². The number of hydrogen-bond acceptors (Lipinski definition) is 3. The minimum atomic E-state index is -4.56. The van der Waals surface area contributed by atoms with Crippen molar-refractivity contribution in [3.63, 3.8) is 0 Å². The fourth-order valence-corrected chi connectivity index (χ4v) is 3.38. The van der Waals surface area contributed by atoms with Gasteiger partial charge < -0.3 is 4.74 Å². The Morgan fingerprint density at radius 3 is 2.44 bits per heavy atom. The second kappa shape index (κ2) is 7.68. The lowest BCUT2D eigenvalue weighted by atomic mass is 10.0. The Balaban J connectivity index is 1.98. The molecule has 0 saturated heterocycles. The molecule has 0 aliphatic rings. The van der Waals surface area contributed by atoms with Gasteiger partial charge >= 0.3 is 6.18 Å². The summed E-state index contributed by atoms with van der Waals surface area (Å²) in [6.07, 6.45) is -3.74. The molecule has 2 aromatic carbocycles. The van der Waals surface area contributed by atoms with Crippen molar-refractivity contribution in [3.05, 3.63) is 76.8 Å². The molecule has 0 fully saturated rings. The quantitative estimate of drug-likeness (QED) is 0.474. The van der Waals surface area contributed by atoms with Crippen LogP contribution < -0.4 is 4.74 Å². The van der Waals surface area contributed by atoms with Crippen molar-refractivity contribution in [2.75, 3.05) is 0 Å². The summed E-state index contributed by atoms with van der Waals surface area (Å²) in [5.41, 5.74) is 1.83. The lowest BCUT2D eigenvalue weighted by Gasteiger charge is -2.12. The molecule has 0 aliphatic carbocycles. The first kappa shape index (κ1) is 19.4. The van der Waals surface area contributed by atoms with Crippen molar-refractivity contribution in [2.45, 2.75) is 26.1 Å². The van der Waals surface area contributed by atoms with Gasteiger partial charge in [-0.1, -0.05) is 43.3 Å². The van der Waals surface area contributed by atoms with Gasteiger partial charge in [-0.05, 0) is 42.1 Å². The van der Waals surface area contributed by atoms with E-state index in [2.05, 4.69) is 11.3 Å². The number of rotatable bonds is 5. The lowest BCUT2D eigenvalue weighted by Crippen LogP contribution is -2.09. The number of alkyl halides is 3. The standard InChI is InChI=1S/C20H16F4NOS/c1-3-13-7-9-14(10-8-13)18-15(19(27-25-18)20(22,23)24)11-26-16-6-4-5-12(2)17(16)21/h4-10H,2-3,11H2,1H3. The van der Waals surface area contributed by atoms with Gasteiger partial charge in [0.25, 0.3) is 0 Å². The Labute approximate surface area is 158 Å². The molecular formula is C20H16F4NOS. The number of ether oxygens (including phenoxy) is 1. The average Bonchev–Trinajstić information content (AvgIpc) is 3.07. The monoisotopic (exact) mass is 394 g/mol. The minimum Gasteiger partial charge on any atom is -0.486 e. The summed E-state index contributed by atoms with van der Waals surface area (Å²) in [4.78, 5) is -0.844. The van der Waals surface area contributed by atoms with Gasteiger partial charge in [0.15, 0.2) is 11.6 Å². The second-order valence-electron chi connectivity index (χ2n) is 5.91. The molecule has 0 atom stereocenters. The van der Waals surface area contributed by atoms with Crippen LogP contribution in [0.25, 0.3) is 11.3 Å². The number of benzene rings is 2. The zero-order valence-electron chi connectivity index (χ0n) is 14.4. The summed E-state index contributed by atoms with van der Waals surface area (Å²) in [6.45, 7) is 5.06. The van der Waals surface area contributed by atoms with Gasteiger partial charge in [0, 0.05) is 11.1 Å². The summed E-state index contributed by atoms with van der Waals surface area (Å²) >= 11 is 0.369. The third-order valence-electron chi connectivity index (χ3n) is 4.10. The molecule has 0 bridgehead atoms. The summed E-state index contributed by atoms with van der Waals surface area (Å²) in [7, 11) is 0. The maximum absolute atomic E-state index is 14.0. The third kappa shape index (κ3) is 4.13. The fraction of sp³-hybridized carbons (Fsp3) is 0.200. The number of aryl methyl sites for hydroxylation is 1. The van der Waals surface area contributed by atoms with Crippen LogP contribution in [0.4, 0.5) is 17.6 Å². The molecule has 2 nitrogen and oxygen atoms in total. The van der Waals surface area contributed by atoms with Crippen molar-refractivity contribution in [3.8, 4) is 17.0 Å². The summed E-state index contributed by atoms with van der Waals surface area (Å²) in [5, 5.41) is 0. The van der Waals surface area contributed by atoms with E-state index in [1.165, 1.54) is 18.2 Å². The number of aromatic nitrogens is 1. The Morgan fingerprint density at radius 2 is 1.81 bits per heavy atom. The molecule has 1 radical (unpaired) electrons. The molecule has 0 amide bonds. The van der Waals surface area contributed by atoms with Crippen molar-refractivity contribution in [1.29, 1.82) is 0 Å². The van der Waals surface area contributed by atoms with Crippen LogP contribution in [-0.4, -0.2) is 4.37 Å². The summed E-state index contributed by atoms with van der Waals surface area (Å²) in [6, 6.07) is 11.5. The van der Waals surface area contributed by atoms with Crippen LogP contribution in [0.1, 0.15) is 28.5 Å². The van der Waals surface area contributed by atoms with Crippen molar-refractivity contribution >= 4 is 11.5 Å². The van der Waals surface area contributed by atoms with Gasteiger partial charge in [0.1, 0.15) is 11.5 Å². The summed E-state index contributed by atoms with van der Waals surface area (Å²) in [5.74, 6) is -0.836. The second-order valence-corrected chi connectivity index (χ2v) is 6.68. The van der Waals surface area contributed by atoms with Crippen LogP contribution in [0.3, 0.4) is 0 Å². The van der Waals surface area contributed by atoms with Crippen LogP contribution in [0.5, 0.6) is 5.75 Å². The minimum absolute atomic E-state index is 0.106. The van der Waals surface area contributed by atoms with Gasteiger partial charge in [0.05, 0.1) is 5.69 Å². The first-order valence-electron chi connectivity index (χ1n) is 8.19. The molecule has 0 aliphatic heterocycles. The molecule has 27 heavy (non-hydrogen) atoms. The van der Waals surface area contributed by atoms with E-state index in [-0.39, 0.29) is 22.6 Å². The van der Waals surface area contributed by atoms with E-state index in [9.17, 15) is 17.6 Å². The number of hydrogen-bond donors (Lipinski definition) is 0. The molecular weight excluding hydrogens is 378 g/mol. The molecule has 0 unspecified atom stereocenters. The predicted molar refractivity (Wildman–Crippen MR) is 97.1 cm³/mol. The van der Waals surface area contributed by atoms with Crippen LogP contribution in [0, 0.1) is 12.7 Å². The first-order valence-corrected chi connectivity index (χ1v) is 8.97. The highest BCUT2D eigenvalue weighted by molar-refractivity contribution is 7.06. The van der Waals surface area contributed by atoms with E-state index < -0.39 is 23.5 Å². The third-order valence-corrected chi connectivity index (χ3v) is 5.03. The summed E-state index contributed by atoms with van der Waals surface area (Å²) < 4.78 is 63.6. The maximum atomic E-state index is 14.0. The highest BCUT2D eigenvalue weighted by Gasteiger charge is 2.38. The number of halogens is 4. The topological polar surface area (TPSA) is 22.1 Å². The first-order chi connectivity index (χ1) is 12.8. The molecule has 1 aromatic heterocycles. The number of nitrogens with zero attached hydrogens (tertiary/aromatic N) is 1. The smallest absolute Gasteiger partial charge is 0.427 e. The zero-order chi connectivity index (χ0) is 19.6. The van der Waals surface area contributed by atoms with Crippen LogP contribution in [0.2, 0.25) is 0 Å². The molecule has 3 rings (SSSR count). The maximum Gasteiger partial charge on any atom is 0.427 e. The van der Waals surface area contributed by atoms with Crippen LogP contribution in [0.15, 0.2) is 42.5 Å². The molecule has 3 aromatic rings. The van der Waals surface area contributed by atoms with Gasteiger partial charge in [-0.3, -0.25) is 0 Å². The lowest BCUT2D eigenvalue weighted by molar-refractivity contribution is -0.135. The van der Waals surface area contributed by atoms with Gasteiger partial charge in [-0.15, -0.1) is 0 Å². The molecule has 0 spiro atoms. The van der Waals surface area contributed by atoms with Crippen molar-refractivity contribution < 1.29 is 22.3 Å². The Kier molecular flexibility index (Phi) is 5.51. The molecule has 0 saturated carbocycles. The van der Waals surface area contributed by atoms with E-state index in [4.69, 9.17) is 4.74 Å². The van der Waals surface area contributed by atoms with E-state index in [0.717, 1.165) is 12.0 Å². The van der Waals surface area contributed by atoms with Crippen LogP contribution >= 0.6 is 11.5 Å².